The molecule has 31 heavy (non-hydrogen) atoms. The van der Waals surface area contributed by atoms with Gasteiger partial charge in [-0.25, -0.2) is 14.6 Å². The van der Waals surface area contributed by atoms with E-state index in [0.717, 1.165) is 21.9 Å². The van der Waals surface area contributed by atoms with Crippen molar-refractivity contribution in [2.75, 3.05) is 0 Å². The Hall–Kier alpha value is -2.63. The zero-order valence-electron chi connectivity index (χ0n) is 18.1. The van der Waals surface area contributed by atoms with E-state index in [2.05, 4.69) is 55.1 Å². The number of aryl methyl sites for hydroxylation is 1. The molecule has 0 bridgehead atoms. The van der Waals surface area contributed by atoms with Gasteiger partial charge in [0.05, 0.1) is 0 Å². The number of benzene rings is 2. The summed E-state index contributed by atoms with van der Waals surface area (Å²) in [4.78, 5) is 10.4. The summed E-state index contributed by atoms with van der Waals surface area (Å²) in [5.41, 5.74) is 4.48. The number of pyridine rings is 1. The molecule has 0 unspecified atom stereocenters. The van der Waals surface area contributed by atoms with Crippen LogP contribution in [0, 0.1) is 0 Å². The Bertz CT molecular complexity index is 1180. The Morgan fingerprint density at radius 3 is 2.29 bits per heavy atom. The van der Waals surface area contributed by atoms with Gasteiger partial charge >= 0.3 is 0 Å². The third kappa shape index (κ3) is 5.00. The molecule has 0 aliphatic carbocycles. The van der Waals surface area contributed by atoms with Crippen LogP contribution in [0.5, 0.6) is 0 Å². The van der Waals surface area contributed by atoms with Crippen LogP contribution >= 0.6 is 23.4 Å². The molecule has 0 fully saturated rings. The molecule has 2 aromatic carbocycles. The van der Waals surface area contributed by atoms with Crippen molar-refractivity contribution in [2.24, 2.45) is 7.05 Å². The van der Waals surface area contributed by atoms with Crippen molar-refractivity contribution in [3.8, 4) is 22.9 Å². The topological polar surface area (TPSA) is 43.6 Å². The molecule has 0 aliphatic heterocycles. The van der Waals surface area contributed by atoms with E-state index in [1.807, 2.05) is 49.5 Å². The first-order chi connectivity index (χ1) is 14.8. The maximum Gasteiger partial charge on any atom is 0.181 e. The Kier molecular flexibility index (Phi) is 6.17. The van der Waals surface area contributed by atoms with Gasteiger partial charge in [0.15, 0.2) is 11.6 Å². The third-order valence-corrected chi connectivity index (χ3v) is 6.37. The lowest BCUT2D eigenvalue weighted by Crippen LogP contribution is -2.10. The molecule has 0 N–H and O–H groups in total. The van der Waals surface area contributed by atoms with Gasteiger partial charge in [-0.2, -0.15) is 5.10 Å². The molecule has 0 saturated heterocycles. The van der Waals surface area contributed by atoms with E-state index in [0.29, 0.717) is 16.8 Å². The molecular formula is C25H25ClN4S. The summed E-state index contributed by atoms with van der Waals surface area (Å²) in [6.07, 6.45) is 0. The van der Waals surface area contributed by atoms with Crippen LogP contribution in [0.15, 0.2) is 71.6 Å². The monoisotopic (exact) mass is 448 g/mol. The quantitative estimate of drug-likeness (QED) is 0.249. The van der Waals surface area contributed by atoms with Gasteiger partial charge in [0.25, 0.3) is 0 Å². The minimum Gasteiger partial charge on any atom is -0.247 e. The molecule has 4 nitrogen and oxygen atoms in total. The van der Waals surface area contributed by atoms with Crippen LogP contribution in [0.3, 0.4) is 0 Å². The van der Waals surface area contributed by atoms with Crippen molar-refractivity contribution < 1.29 is 0 Å². The van der Waals surface area contributed by atoms with Crippen molar-refractivity contribution in [3.63, 3.8) is 0 Å². The molecule has 2 aromatic heterocycles. The Morgan fingerprint density at radius 1 is 0.903 bits per heavy atom. The lowest BCUT2D eigenvalue weighted by molar-refractivity contribution is 0.590. The van der Waals surface area contributed by atoms with Gasteiger partial charge in [0.1, 0.15) is 10.8 Å². The average Bonchev–Trinajstić information content (AvgIpc) is 3.14. The summed E-state index contributed by atoms with van der Waals surface area (Å²) in [7, 11) is 1.89. The van der Waals surface area contributed by atoms with Gasteiger partial charge in [-0.05, 0) is 28.7 Å². The van der Waals surface area contributed by atoms with Gasteiger partial charge in [0.2, 0.25) is 0 Å². The van der Waals surface area contributed by atoms with Crippen molar-refractivity contribution in [3.05, 3.63) is 83.0 Å². The minimum absolute atomic E-state index is 0.153. The summed E-state index contributed by atoms with van der Waals surface area (Å²) < 4.78 is 1.77. The highest BCUT2D eigenvalue weighted by Gasteiger charge is 2.17. The molecule has 4 rings (SSSR count). The zero-order valence-corrected chi connectivity index (χ0v) is 19.7. The van der Waals surface area contributed by atoms with Crippen molar-refractivity contribution in [1.29, 1.82) is 0 Å². The first kappa shape index (κ1) is 21.6. The van der Waals surface area contributed by atoms with E-state index in [1.54, 1.807) is 16.4 Å². The fourth-order valence-corrected chi connectivity index (χ4v) is 4.36. The van der Waals surface area contributed by atoms with Gasteiger partial charge in [-0.15, -0.1) is 11.8 Å². The van der Waals surface area contributed by atoms with Crippen LogP contribution in [0.1, 0.15) is 31.9 Å². The highest BCUT2D eigenvalue weighted by Crippen LogP contribution is 2.33. The SMILES string of the molecule is Cn1nc(-c2ccccc2)nc1-c1nc(Cl)ccc1SCc1ccc(C(C)(C)C)cc1. The standard InChI is InChI=1S/C25H25ClN4S/c1-25(2,3)19-12-10-17(11-13-19)16-31-20-14-15-21(26)27-22(20)24-28-23(29-30(24)4)18-8-6-5-7-9-18/h5-15H,16H2,1-4H3. The van der Waals surface area contributed by atoms with Gasteiger partial charge in [-0.3, -0.25) is 0 Å². The normalized spacial score (nSPS) is 11.6. The summed E-state index contributed by atoms with van der Waals surface area (Å²) in [5.74, 6) is 2.21. The van der Waals surface area contributed by atoms with Crippen LogP contribution in [-0.4, -0.2) is 19.7 Å². The molecular weight excluding hydrogens is 424 g/mol. The number of hydrogen-bond donors (Lipinski definition) is 0. The first-order valence-corrected chi connectivity index (χ1v) is 11.5. The third-order valence-electron chi connectivity index (χ3n) is 5.05. The molecule has 4 aromatic rings. The smallest absolute Gasteiger partial charge is 0.181 e. The molecule has 0 amide bonds. The maximum absolute atomic E-state index is 6.24. The van der Waals surface area contributed by atoms with E-state index in [9.17, 15) is 0 Å². The predicted molar refractivity (Wildman–Crippen MR) is 129 cm³/mol. The lowest BCUT2D eigenvalue weighted by Gasteiger charge is -2.19. The second-order valence-electron chi connectivity index (χ2n) is 8.46. The number of halogens is 1. The molecule has 0 spiro atoms. The van der Waals surface area contributed by atoms with Crippen LogP contribution < -0.4 is 0 Å². The fraction of sp³-hybridized carbons (Fsp3) is 0.240. The summed E-state index contributed by atoms with van der Waals surface area (Å²) in [6, 6.07) is 22.6. The van der Waals surface area contributed by atoms with Gasteiger partial charge < -0.3 is 0 Å². The molecule has 158 valence electrons. The maximum atomic E-state index is 6.24. The summed E-state index contributed by atoms with van der Waals surface area (Å²) in [6.45, 7) is 6.69. The Balaban J connectivity index is 1.61. The van der Waals surface area contributed by atoms with E-state index in [-0.39, 0.29) is 5.41 Å². The molecule has 2 heterocycles. The van der Waals surface area contributed by atoms with E-state index in [4.69, 9.17) is 16.6 Å². The molecule has 0 radical (unpaired) electrons. The Labute approximate surface area is 192 Å². The average molecular weight is 449 g/mol. The highest BCUT2D eigenvalue weighted by molar-refractivity contribution is 7.98. The van der Waals surface area contributed by atoms with Crippen LogP contribution in [0.25, 0.3) is 22.9 Å². The summed E-state index contributed by atoms with van der Waals surface area (Å²) >= 11 is 7.97. The fourth-order valence-electron chi connectivity index (χ4n) is 3.26. The van der Waals surface area contributed by atoms with E-state index in [1.165, 1.54) is 11.1 Å². The van der Waals surface area contributed by atoms with Crippen molar-refractivity contribution >= 4 is 23.4 Å². The number of nitrogens with zero attached hydrogens (tertiary/aromatic N) is 4. The molecule has 0 saturated carbocycles. The second-order valence-corrected chi connectivity index (χ2v) is 9.87. The van der Waals surface area contributed by atoms with Crippen LogP contribution in [0.4, 0.5) is 0 Å². The predicted octanol–water partition coefficient (Wildman–Crippen LogP) is 6.79. The zero-order chi connectivity index (χ0) is 22.0. The Morgan fingerprint density at radius 2 is 1.61 bits per heavy atom. The first-order valence-electron chi connectivity index (χ1n) is 10.2. The van der Waals surface area contributed by atoms with E-state index >= 15 is 0 Å². The molecule has 6 heteroatoms. The second kappa shape index (κ2) is 8.85. The van der Waals surface area contributed by atoms with Gasteiger partial charge in [0, 0.05) is 23.3 Å². The van der Waals surface area contributed by atoms with Crippen molar-refractivity contribution in [1.82, 2.24) is 19.7 Å². The van der Waals surface area contributed by atoms with E-state index < -0.39 is 0 Å². The number of hydrogen-bond acceptors (Lipinski definition) is 4. The largest absolute Gasteiger partial charge is 0.247 e. The lowest BCUT2D eigenvalue weighted by atomic mass is 9.87. The van der Waals surface area contributed by atoms with Crippen molar-refractivity contribution in [2.45, 2.75) is 36.8 Å². The number of thioether (sulfide) groups is 1. The molecule has 0 atom stereocenters. The highest BCUT2D eigenvalue weighted by atomic mass is 35.5. The summed E-state index contributed by atoms with van der Waals surface area (Å²) in [5, 5.41) is 5.03. The number of rotatable bonds is 5. The number of aromatic nitrogens is 4. The van der Waals surface area contributed by atoms with Crippen LogP contribution in [-0.2, 0) is 18.2 Å². The van der Waals surface area contributed by atoms with Crippen LogP contribution in [0.2, 0.25) is 5.15 Å². The molecule has 0 aliphatic rings. The van der Waals surface area contributed by atoms with Gasteiger partial charge in [-0.1, -0.05) is 87.0 Å². The minimum atomic E-state index is 0.153.